The normalized spacial score (nSPS) is 13.9. The zero-order valence-corrected chi connectivity index (χ0v) is 15.4. The van der Waals surface area contributed by atoms with Crippen LogP contribution in [0.15, 0.2) is 47.0 Å². The fraction of sp³-hybridized carbons (Fsp3) is 0.250. The minimum absolute atomic E-state index is 0.00732. The molecule has 150 valence electrons. The number of nitrogens with zero attached hydrogens (tertiary/aromatic N) is 3. The zero-order valence-electron chi connectivity index (χ0n) is 15.4. The number of hydrogen-bond donors (Lipinski definition) is 0. The molecule has 0 unspecified atom stereocenters. The van der Waals surface area contributed by atoms with Gasteiger partial charge in [0.05, 0.1) is 11.3 Å². The maximum absolute atomic E-state index is 12.7. The van der Waals surface area contributed by atoms with Gasteiger partial charge in [0.15, 0.2) is 6.61 Å². The molecule has 1 aliphatic heterocycles. The van der Waals surface area contributed by atoms with E-state index >= 15 is 0 Å². The molecule has 0 bridgehead atoms. The molecule has 0 saturated carbocycles. The molecular formula is C20H16F3N3O3. The molecule has 9 heteroatoms. The Labute approximate surface area is 163 Å². The third-order valence-corrected chi connectivity index (χ3v) is 4.49. The lowest BCUT2D eigenvalue weighted by Crippen LogP contribution is -2.39. The SMILES string of the molecule is CCCN1C(=O)COc2ccc(-c3noc(-c4ccc(C(F)(F)F)cc4)n3)cc21. The van der Waals surface area contributed by atoms with Crippen LogP contribution in [-0.4, -0.2) is 29.2 Å². The molecule has 1 aliphatic rings. The number of aromatic nitrogens is 2. The highest BCUT2D eigenvalue weighted by Crippen LogP contribution is 2.36. The van der Waals surface area contributed by atoms with Crippen molar-refractivity contribution in [3.63, 3.8) is 0 Å². The second-order valence-corrected chi connectivity index (χ2v) is 6.51. The summed E-state index contributed by atoms with van der Waals surface area (Å²) in [7, 11) is 0. The summed E-state index contributed by atoms with van der Waals surface area (Å²) in [5.74, 6) is 0.824. The van der Waals surface area contributed by atoms with Crippen LogP contribution in [0.3, 0.4) is 0 Å². The molecule has 0 aliphatic carbocycles. The maximum atomic E-state index is 12.7. The molecule has 0 spiro atoms. The molecule has 4 rings (SSSR count). The number of carbonyl (C=O) groups excluding carboxylic acids is 1. The summed E-state index contributed by atoms with van der Waals surface area (Å²) in [6.45, 7) is 2.52. The van der Waals surface area contributed by atoms with Gasteiger partial charge in [0.2, 0.25) is 5.82 Å². The smallest absolute Gasteiger partial charge is 0.416 e. The number of alkyl halides is 3. The van der Waals surface area contributed by atoms with Gasteiger partial charge in [0, 0.05) is 17.7 Å². The molecule has 0 radical (unpaired) electrons. The van der Waals surface area contributed by atoms with Gasteiger partial charge in [-0.25, -0.2) is 0 Å². The number of hydrogen-bond acceptors (Lipinski definition) is 5. The van der Waals surface area contributed by atoms with Crippen molar-refractivity contribution in [3.05, 3.63) is 48.0 Å². The Kier molecular flexibility index (Phi) is 4.73. The van der Waals surface area contributed by atoms with E-state index in [1.54, 1.807) is 23.1 Å². The van der Waals surface area contributed by atoms with Crippen LogP contribution < -0.4 is 9.64 Å². The van der Waals surface area contributed by atoms with Crippen LogP contribution in [0.25, 0.3) is 22.8 Å². The number of benzene rings is 2. The standard InChI is InChI=1S/C20H16F3N3O3/c1-2-9-26-15-10-13(5-8-16(15)28-11-17(26)27)18-24-19(29-25-18)12-3-6-14(7-4-12)20(21,22)23/h3-8,10H,2,9,11H2,1H3. The van der Waals surface area contributed by atoms with Crippen molar-refractivity contribution in [2.45, 2.75) is 19.5 Å². The average Bonchev–Trinajstić information content (AvgIpc) is 3.19. The molecule has 1 aromatic heterocycles. The number of carbonyl (C=O) groups is 1. The van der Waals surface area contributed by atoms with Gasteiger partial charge >= 0.3 is 6.18 Å². The zero-order chi connectivity index (χ0) is 20.6. The number of halogens is 3. The van der Waals surface area contributed by atoms with E-state index in [1.807, 2.05) is 6.92 Å². The minimum Gasteiger partial charge on any atom is -0.482 e. The molecule has 2 aromatic carbocycles. The second-order valence-electron chi connectivity index (χ2n) is 6.51. The lowest BCUT2D eigenvalue weighted by molar-refractivity contribution is -0.137. The van der Waals surface area contributed by atoms with Crippen molar-refractivity contribution in [3.8, 4) is 28.6 Å². The van der Waals surface area contributed by atoms with Crippen LogP contribution in [0.1, 0.15) is 18.9 Å². The van der Waals surface area contributed by atoms with E-state index in [-0.39, 0.29) is 24.2 Å². The highest BCUT2D eigenvalue weighted by molar-refractivity contribution is 5.98. The summed E-state index contributed by atoms with van der Waals surface area (Å²) in [6.07, 6.45) is -3.62. The van der Waals surface area contributed by atoms with E-state index in [2.05, 4.69) is 10.1 Å². The van der Waals surface area contributed by atoms with Crippen molar-refractivity contribution >= 4 is 11.6 Å². The number of ether oxygens (including phenoxy) is 1. The van der Waals surface area contributed by atoms with Crippen molar-refractivity contribution in [2.24, 2.45) is 0 Å². The van der Waals surface area contributed by atoms with Crippen LogP contribution in [-0.2, 0) is 11.0 Å². The Balaban J connectivity index is 1.64. The largest absolute Gasteiger partial charge is 0.482 e. The van der Waals surface area contributed by atoms with Gasteiger partial charge in [-0.1, -0.05) is 12.1 Å². The first-order valence-corrected chi connectivity index (χ1v) is 8.95. The lowest BCUT2D eigenvalue weighted by Gasteiger charge is -2.29. The molecule has 0 saturated heterocycles. The molecule has 29 heavy (non-hydrogen) atoms. The first-order valence-electron chi connectivity index (χ1n) is 8.95. The Morgan fingerprint density at radius 2 is 1.83 bits per heavy atom. The molecule has 1 amide bonds. The van der Waals surface area contributed by atoms with Gasteiger partial charge in [0.25, 0.3) is 11.8 Å². The Morgan fingerprint density at radius 1 is 1.10 bits per heavy atom. The van der Waals surface area contributed by atoms with Crippen LogP contribution in [0, 0.1) is 0 Å². The van der Waals surface area contributed by atoms with Crippen LogP contribution >= 0.6 is 0 Å². The second kappa shape index (κ2) is 7.23. The summed E-state index contributed by atoms with van der Waals surface area (Å²) in [5, 5.41) is 3.92. The number of anilines is 1. The van der Waals surface area contributed by atoms with Crippen LogP contribution in [0.5, 0.6) is 5.75 Å². The summed E-state index contributed by atoms with van der Waals surface area (Å²) >= 11 is 0. The van der Waals surface area contributed by atoms with Gasteiger partial charge < -0.3 is 14.2 Å². The summed E-state index contributed by atoms with van der Waals surface area (Å²) in [6, 6.07) is 9.69. The predicted octanol–water partition coefficient (Wildman–Crippen LogP) is 4.56. The average molecular weight is 403 g/mol. The van der Waals surface area contributed by atoms with E-state index in [0.29, 0.717) is 29.1 Å². The monoisotopic (exact) mass is 403 g/mol. The van der Waals surface area contributed by atoms with Gasteiger partial charge in [-0.05, 0) is 48.9 Å². The van der Waals surface area contributed by atoms with Crippen LogP contribution in [0.2, 0.25) is 0 Å². The first-order chi connectivity index (χ1) is 13.9. The van der Waals surface area contributed by atoms with E-state index in [9.17, 15) is 18.0 Å². The fourth-order valence-electron chi connectivity index (χ4n) is 3.07. The molecule has 0 N–H and O–H groups in total. The Bertz CT molecular complexity index is 1050. The quantitative estimate of drug-likeness (QED) is 0.639. The Hall–Kier alpha value is -3.36. The summed E-state index contributed by atoms with van der Waals surface area (Å²) < 4.78 is 48.8. The van der Waals surface area contributed by atoms with Gasteiger partial charge in [0.1, 0.15) is 5.75 Å². The summed E-state index contributed by atoms with van der Waals surface area (Å²) in [4.78, 5) is 18.1. The molecule has 0 atom stereocenters. The molecule has 6 nitrogen and oxygen atoms in total. The Morgan fingerprint density at radius 3 is 2.52 bits per heavy atom. The molecule has 0 fully saturated rings. The van der Waals surface area contributed by atoms with Gasteiger partial charge in [-0.15, -0.1) is 0 Å². The number of rotatable bonds is 4. The van der Waals surface area contributed by atoms with E-state index in [1.165, 1.54) is 12.1 Å². The van der Waals surface area contributed by atoms with E-state index in [0.717, 1.165) is 18.6 Å². The lowest BCUT2D eigenvalue weighted by atomic mass is 10.1. The summed E-state index contributed by atoms with van der Waals surface area (Å²) in [5.41, 5.74) is 0.851. The first kappa shape index (κ1) is 19.0. The van der Waals surface area contributed by atoms with E-state index in [4.69, 9.17) is 9.26 Å². The maximum Gasteiger partial charge on any atom is 0.416 e. The third kappa shape index (κ3) is 3.67. The van der Waals surface area contributed by atoms with Crippen LogP contribution in [0.4, 0.5) is 18.9 Å². The third-order valence-electron chi connectivity index (χ3n) is 4.49. The highest BCUT2D eigenvalue weighted by atomic mass is 19.4. The van der Waals surface area contributed by atoms with Crippen molar-refractivity contribution in [1.82, 2.24) is 10.1 Å². The highest BCUT2D eigenvalue weighted by Gasteiger charge is 2.30. The van der Waals surface area contributed by atoms with E-state index < -0.39 is 11.7 Å². The van der Waals surface area contributed by atoms with Crippen molar-refractivity contribution in [1.29, 1.82) is 0 Å². The fourth-order valence-corrected chi connectivity index (χ4v) is 3.07. The minimum atomic E-state index is -4.41. The van der Waals surface area contributed by atoms with Crippen molar-refractivity contribution < 1.29 is 27.2 Å². The predicted molar refractivity (Wildman–Crippen MR) is 98.3 cm³/mol. The van der Waals surface area contributed by atoms with Crippen molar-refractivity contribution in [2.75, 3.05) is 18.1 Å². The van der Waals surface area contributed by atoms with Gasteiger partial charge in [-0.2, -0.15) is 18.2 Å². The molecule has 3 aromatic rings. The number of amides is 1. The molecule has 2 heterocycles. The van der Waals surface area contributed by atoms with Gasteiger partial charge in [-0.3, -0.25) is 4.79 Å². The number of fused-ring (bicyclic) bond motifs is 1. The topological polar surface area (TPSA) is 68.5 Å². The molecular weight excluding hydrogens is 387 g/mol.